The van der Waals surface area contributed by atoms with Gasteiger partial charge in [0, 0.05) is 18.1 Å². The molecule has 11 nitrogen and oxygen atoms in total. The van der Waals surface area contributed by atoms with Crippen LogP contribution in [0.15, 0.2) is 58.1 Å². The highest BCUT2D eigenvalue weighted by atomic mass is 32.2. The van der Waals surface area contributed by atoms with Gasteiger partial charge in [-0.3, -0.25) is 20.3 Å². The Kier molecular flexibility index (Phi) is 7.55. The number of fused-ring (bicyclic) bond motifs is 1. The molecule has 5 rings (SSSR count). The molecule has 0 saturated heterocycles. The number of non-ortho nitro benzene ring substituents is 1. The number of ether oxygens (including phenoxy) is 2. The Bertz CT molecular complexity index is 1460. The quantitative estimate of drug-likeness (QED) is 0.159. The lowest BCUT2D eigenvalue weighted by molar-refractivity contribution is -0.384. The largest absolute Gasteiger partial charge is 0.490 e. The molecule has 2 aliphatic heterocycles. The van der Waals surface area contributed by atoms with E-state index < -0.39 is 16.8 Å². The average Bonchev–Trinajstić information content (AvgIpc) is 3.37. The van der Waals surface area contributed by atoms with Crippen molar-refractivity contribution in [3.05, 3.63) is 69.3 Å². The number of carbonyl (C=O) groups is 2. The zero-order chi connectivity index (χ0) is 27.5. The number of hydrogen-bond donors (Lipinski definition) is 1. The molecule has 0 radical (unpaired) electrons. The number of carbonyl (C=O) groups excluding carboxylic acids is 2. The van der Waals surface area contributed by atoms with Gasteiger partial charge >= 0.3 is 5.97 Å². The van der Waals surface area contributed by atoms with Gasteiger partial charge in [-0.15, -0.1) is 0 Å². The van der Waals surface area contributed by atoms with Crippen molar-refractivity contribution in [3.63, 3.8) is 0 Å². The second-order valence-corrected chi connectivity index (χ2v) is 10.1. The van der Waals surface area contributed by atoms with Crippen molar-refractivity contribution in [2.45, 2.75) is 39.0 Å². The summed E-state index contributed by atoms with van der Waals surface area (Å²) in [6.45, 7) is 2.04. The van der Waals surface area contributed by atoms with Crippen LogP contribution in [0, 0.1) is 21.4 Å². The lowest BCUT2D eigenvalue weighted by atomic mass is 9.90. The molecule has 2 aromatic rings. The number of amidine groups is 2. The summed E-state index contributed by atoms with van der Waals surface area (Å²) in [6.07, 6.45) is 7.15. The van der Waals surface area contributed by atoms with Crippen molar-refractivity contribution in [3.8, 4) is 11.5 Å². The normalized spacial score (nSPS) is 18.5. The van der Waals surface area contributed by atoms with Crippen LogP contribution in [0.4, 0.5) is 5.69 Å². The number of aliphatic imine (C=N–C) groups is 1. The Morgan fingerprint density at radius 3 is 2.74 bits per heavy atom. The van der Waals surface area contributed by atoms with Crippen LogP contribution in [0.25, 0.3) is 6.08 Å². The summed E-state index contributed by atoms with van der Waals surface area (Å²) in [5.74, 6) is -0.689. The minimum Gasteiger partial charge on any atom is -0.490 e. The van der Waals surface area contributed by atoms with Crippen LogP contribution in [0.3, 0.4) is 0 Å². The van der Waals surface area contributed by atoms with E-state index in [1.54, 1.807) is 19.1 Å². The van der Waals surface area contributed by atoms with Crippen molar-refractivity contribution in [1.29, 1.82) is 5.41 Å². The number of amides is 1. The predicted molar refractivity (Wildman–Crippen MR) is 147 cm³/mol. The van der Waals surface area contributed by atoms with Crippen LogP contribution in [0.5, 0.6) is 11.5 Å². The third-order valence-electron chi connectivity index (χ3n) is 6.50. The van der Waals surface area contributed by atoms with Crippen molar-refractivity contribution in [2.75, 3.05) is 6.61 Å². The van der Waals surface area contributed by atoms with Crippen LogP contribution >= 0.6 is 11.8 Å². The molecular formula is C27H25N5O6S. The summed E-state index contributed by atoms with van der Waals surface area (Å²) in [5, 5.41) is 27.0. The number of nitrogens with zero attached hydrogens (tertiary/aromatic N) is 4. The van der Waals surface area contributed by atoms with Gasteiger partial charge in [0.25, 0.3) is 11.6 Å². The predicted octanol–water partition coefficient (Wildman–Crippen LogP) is 5.41. The zero-order valence-corrected chi connectivity index (χ0v) is 21.9. The van der Waals surface area contributed by atoms with Gasteiger partial charge in [-0.1, -0.05) is 31.4 Å². The molecule has 2 heterocycles. The van der Waals surface area contributed by atoms with Crippen LogP contribution in [-0.4, -0.2) is 44.5 Å². The highest BCUT2D eigenvalue weighted by molar-refractivity contribution is 8.27. The third kappa shape index (κ3) is 5.60. The number of nitrogens with one attached hydrogen (secondary N) is 1. The maximum absolute atomic E-state index is 12.9. The van der Waals surface area contributed by atoms with Crippen molar-refractivity contribution in [2.24, 2.45) is 16.0 Å². The van der Waals surface area contributed by atoms with Gasteiger partial charge in [-0.2, -0.15) is 15.1 Å². The first-order valence-corrected chi connectivity index (χ1v) is 13.4. The fraction of sp³-hybridized carbons (Fsp3) is 0.296. The van der Waals surface area contributed by atoms with Crippen LogP contribution in [0.2, 0.25) is 0 Å². The molecule has 0 unspecified atom stereocenters. The van der Waals surface area contributed by atoms with Gasteiger partial charge in [-0.05, 0) is 61.4 Å². The summed E-state index contributed by atoms with van der Waals surface area (Å²) in [6, 6.07) is 9.94. The molecule has 0 spiro atoms. The second-order valence-electron chi connectivity index (χ2n) is 9.13. The topological polar surface area (TPSA) is 148 Å². The molecule has 12 heteroatoms. The molecule has 2 aromatic carbocycles. The monoisotopic (exact) mass is 547 g/mol. The summed E-state index contributed by atoms with van der Waals surface area (Å²) >= 11 is 1.37. The number of esters is 1. The van der Waals surface area contributed by atoms with Gasteiger partial charge < -0.3 is 9.47 Å². The number of hydrogen-bond acceptors (Lipinski definition) is 9. The summed E-state index contributed by atoms with van der Waals surface area (Å²) in [4.78, 5) is 40.1. The molecule has 3 aliphatic rings. The lowest BCUT2D eigenvalue weighted by Crippen LogP contribution is -2.35. The van der Waals surface area contributed by atoms with Gasteiger partial charge in [0.15, 0.2) is 17.3 Å². The maximum atomic E-state index is 12.9. The first-order valence-electron chi connectivity index (χ1n) is 12.6. The maximum Gasteiger partial charge on any atom is 0.343 e. The van der Waals surface area contributed by atoms with E-state index in [0.29, 0.717) is 16.6 Å². The van der Waals surface area contributed by atoms with E-state index in [1.807, 2.05) is 0 Å². The molecular weight excluding hydrogens is 522 g/mol. The fourth-order valence-corrected chi connectivity index (χ4v) is 5.62. The molecule has 1 amide bonds. The molecule has 1 fully saturated rings. The van der Waals surface area contributed by atoms with E-state index in [2.05, 4.69) is 10.1 Å². The molecule has 0 atom stereocenters. The highest BCUT2D eigenvalue weighted by Gasteiger charge is 2.38. The molecule has 39 heavy (non-hydrogen) atoms. The Balaban J connectivity index is 1.38. The Morgan fingerprint density at radius 1 is 1.21 bits per heavy atom. The molecule has 1 N–H and O–H groups in total. The highest BCUT2D eigenvalue weighted by Crippen LogP contribution is 2.37. The van der Waals surface area contributed by atoms with Gasteiger partial charge in [0.1, 0.15) is 5.04 Å². The standard InChI is InChI=1S/C27H25N5O6S/c1-2-37-22-14-16(11-12-21(22)38-26(34)18-9-6-10-19(15-18)32(35)36)13-20-23(28)31-27(29-24(20)33)39-25(30-31)17-7-4-3-5-8-17/h6,9-15,17,28H,2-5,7-8H2,1H3. The molecule has 1 saturated carbocycles. The lowest BCUT2D eigenvalue weighted by Gasteiger charge is -2.20. The fourth-order valence-electron chi connectivity index (χ4n) is 4.56. The molecule has 200 valence electrons. The average molecular weight is 548 g/mol. The number of thioether (sulfide) groups is 1. The van der Waals surface area contributed by atoms with Gasteiger partial charge in [0.05, 0.1) is 22.7 Å². The zero-order valence-electron chi connectivity index (χ0n) is 21.1. The van der Waals surface area contributed by atoms with E-state index >= 15 is 0 Å². The summed E-state index contributed by atoms with van der Waals surface area (Å²) < 4.78 is 11.1. The Hall–Kier alpha value is -4.32. The molecule has 1 aliphatic carbocycles. The minimum absolute atomic E-state index is 0.0180. The SMILES string of the molecule is CCOc1cc(C=C2C(=N)N3N=C(C4CCCCC4)SC3=NC2=O)ccc1OC(=O)c1cccc([N+](=O)[O-])c1. The number of hydrazone groups is 1. The van der Waals surface area contributed by atoms with Crippen LogP contribution in [-0.2, 0) is 4.79 Å². The number of nitro groups is 1. The first kappa shape index (κ1) is 26.3. The second kappa shape index (κ2) is 11.2. The van der Waals surface area contributed by atoms with E-state index in [4.69, 9.17) is 14.9 Å². The van der Waals surface area contributed by atoms with Gasteiger partial charge in [0.2, 0.25) is 5.17 Å². The van der Waals surface area contributed by atoms with Gasteiger partial charge in [-0.25, -0.2) is 4.79 Å². The van der Waals surface area contributed by atoms with E-state index in [1.165, 1.54) is 53.5 Å². The Morgan fingerprint density at radius 2 is 2.00 bits per heavy atom. The van der Waals surface area contributed by atoms with Crippen LogP contribution < -0.4 is 9.47 Å². The number of rotatable bonds is 7. The Labute approximate surface area is 228 Å². The van der Waals surface area contributed by atoms with Crippen molar-refractivity contribution >= 4 is 51.4 Å². The van der Waals surface area contributed by atoms with Crippen molar-refractivity contribution < 1.29 is 24.0 Å². The summed E-state index contributed by atoms with van der Waals surface area (Å²) in [5.41, 5.74) is 0.401. The van der Waals surface area contributed by atoms with Crippen LogP contribution in [0.1, 0.15) is 54.9 Å². The smallest absolute Gasteiger partial charge is 0.343 e. The van der Waals surface area contributed by atoms with E-state index in [9.17, 15) is 19.7 Å². The van der Waals surface area contributed by atoms with E-state index in [-0.39, 0.29) is 40.8 Å². The minimum atomic E-state index is -0.782. The molecule has 0 bridgehead atoms. The molecule has 0 aromatic heterocycles. The summed E-state index contributed by atoms with van der Waals surface area (Å²) in [7, 11) is 0. The first-order chi connectivity index (χ1) is 18.8. The van der Waals surface area contributed by atoms with E-state index in [0.717, 1.165) is 36.8 Å². The third-order valence-corrected chi connectivity index (χ3v) is 7.57. The number of benzene rings is 2. The number of nitro benzene ring substituents is 1. The van der Waals surface area contributed by atoms with Crippen molar-refractivity contribution in [1.82, 2.24) is 5.01 Å².